The van der Waals surface area contributed by atoms with E-state index >= 15 is 0 Å². The van der Waals surface area contributed by atoms with Crippen LogP contribution in [0.3, 0.4) is 0 Å². The Bertz CT molecular complexity index is 1440. The average molecular weight is 653 g/mol. The van der Waals surface area contributed by atoms with E-state index in [1.54, 1.807) is 0 Å². The van der Waals surface area contributed by atoms with E-state index in [-0.39, 0.29) is 0 Å². The van der Waals surface area contributed by atoms with Crippen LogP contribution in [0.5, 0.6) is 0 Å². The Labute approximate surface area is 289 Å². The van der Waals surface area contributed by atoms with E-state index in [4.69, 9.17) is 0 Å². The van der Waals surface area contributed by atoms with Crippen LogP contribution in [0.1, 0.15) is 102 Å². The maximum Gasteiger partial charge on any atom is 0.174 e. The van der Waals surface area contributed by atoms with E-state index in [0.717, 1.165) is 37.8 Å². The zero-order valence-electron chi connectivity index (χ0n) is 30.6. The molecule has 0 amide bonds. The molecular formula is C40H60N8+4. The molecule has 256 valence electrons. The van der Waals surface area contributed by atoms with E-state index in [2.05, 4.69) is 206 Å². The molecular weight excluding hydrogens is 592 g/mol. The first-order valence-electron chi connectivity index (χ1n) is 17.2. The van der Waals surface area contributed by atoms with Gasteiger partial charge in [-0.25, -0.2) is 18.3 Å². The van der Waals surface area contributed by atoms with Crippen molar-refractivity contribution in [3.05, 3.63) is 145 Å². The van der Waals surface area contributed by atoms with Crippen LogP contribution < -0.4 is 39.5 Å². The summed E-state index contributed by atoms with van der Waals surface area (Å²) in [7, 11) is 0. The first kappa shape index (κ1) is 37.7. The van der Waals surface area contributed by atoms with Gasteiger partial charge in [-0.1, -0.05) is 13.2 Å². The predicted octanol–water partition coefficient (Wildman–Crippen LogP) is 5.55. The van der Waals surface area contributed by atoms with Gasteiger partial charge in [0.15, 0.2) is 73.7 Å². The lowest BCUT2D eigenvalue weighted by molar-refractivity contribution is -0.716. The van der Waals surface area contributed by atoms with Gasteiger partial charge in [0.1, 0.15) is 0 Å². The number of pyridine rings is 4. The lowest BCUT2D eigenvalue weighted by atomic mass is 10.2. The van der Waals surface area contributed by atoms with Gasteiger partial charge < -0.3 is 21.3 Å². The smallest absolute Gasteiger partial charge is 0.174 e. The van der Waals surface area contributed by atoms with Crippen molar-refractivity contribution in [3.8, 4) is 0 Å². The van der Waals surface area contributed by atoms with Gasteiger partial charge in [0.2, 0.25) is 0 Å². The second-order valence-electron chi connectivity index (χ2n) is 13.4. The lowest BCUT2D eigenvalue weighted by Crippen LogP contribution is -2.36. The third-order valence-electron chi connectivity index (χ3n) is 8.02. The average Bonchev–Trinajstić information content (AvgIpc) is 3.08. The molecule has 0 saturated heterocycles. The van der Waals surface area contributed by atoms with Crippen LogP contribution in [0.25, 0.3) is 0 Å². The third-order valence-corrected chi connectivity index (χ3v) is 8.02. The Kier molecular flexibility index (Phi) is 15.1. The highest BCUT2D eigenvalue weighted by molar-refractivity contribution is 5.11. The van der Waals surface area contributed by atoms with Crippen LogP contribution in [0, 0.1) is 0 Å². The third kappa shape index (κ3) is 13.2. The summed E-state index contributed by atoms with van der Waals surface area (Å²) in [6, 6.07) is 18.9. The fraction of sp³-hybridized carbons (Fsp3) is 0.400. The van der Waals surface area contributed by atoms with E-state index < -0.39 is 0 Å². The van der Waals surface area contributed by atoms with Gasteiger partial charge in [0, 0.05) is 73.7 Å². The standard InChI is InChI=1S/2C20H30N4/c1-16(2)23-10-6-19(7-11-23)14-21-18(5)22-15-20-8-12-24(13-9-20)17(3)4;1-16(2)23-10-6-8-19(14-23)12-21-18(5)22-13-20-9-7-11-24(15-20)17(3)4/h6-13,16-17,21-22H,5,14-15H2,1-4H3;6-11,14-17,21-22H,5,12-13H2,1-4H3/q2*+2. The fourth-order valence-electron chi connectivity index (χ4n) is 4.76. The Morgan fingerprint density at radius 1 is 0.438 bits per heavy atom. The normalized spacial score (nSPS) is 10.9. The van der Waals surface area contributed by atoms with Crippen molar-refractivity contribution in [2.45, 2.75) is 106 Å². The van der Waals surface area contributed by atoms with Crippen LogP contribution in [-0.4, -0.2) is 0 Å². The van der Waals surface area contributed by atoms with Crippen molar-refractivity contribution in [1.29, 1.82) is 0 Å². The van der Waals surface area contributed by atoms with E-state index in [1.807, 2.05) is 0 Å². The summed E-state index contributed by atoms with van der Waals surface area (Å²) in [4.78, 5) is 0. The van der Waals surface area contributed by atoms with Crippen molar-refractivity contribution in [1.82, 2.24) is 21.3 Å². The van der Waals surface area contributed by atoms with Gasteiger partial charge in [-0.2, -0.15) is 0 Å². The molecule has 0 aliphatic carbocycles. The van der Waals surface area contributed by atoms with Gasteiger partial charge in [-0.15, -0.1) is 0 Å². The predicted molar refractivity (Wildman–Crippen MR) is 194 cm³/mol. The second kappa shape index (κ2) is 19.2. The van der Waals surface area contributed by atoms with Crippen molar-refractivity contribution in [2.24, 2.45) is 0 Å². The number of aromatic nitrogens is 4. The molecule has 0 bridgehead atoms. The minimum atomic E-state index is 0.469. The molecule has 4 heterocycles. The molecule has 8 nitrogen and oxygen atoms in total. The number of rotatable bonds is 16. The molecule has 4 aromatic heterocycles. The quantitative estimate of drug-likeness (QED) is 0.120. The number of hydrogen-bond acceptors (Lipinski definition) is 4. The lowest BCUT2D eigenvalue weighted by Gasteiger charge is -2.12. The van der Waals surface area contributed by atoms with Crippen molar-refractivity contribution in [3.63, 3.8) is 0 Å². The molecule has 0 saturated carbocycles. The van der Waals surface area contributed by atoms with Crippen molar-refractivity contribution < 1.29 is 18.3 Å². The minimum absolute atomic E-state index is 0.469. The van der Waals surface area contributed by atoms with Crippen molar-refractivity contribution in [2.75, 3.05) is 0 Å². The van der Waals surface area contributed by atoms with E-state index in [1.165, 1.54) is 22.3 Å². The molecule has 4 aromatic rings. The molecule has 8 heteroatoms. The Hall–Kier alpha value is -4.72. The van der Waals surface area contributed by atoms with Crippen molar-refractivity contribution >= 4 is 0 Å². The number of nitrogens with one attached hydrogen (secondary N) is 4. The highest BCUT2D eigenvalue weighted by Crippen LogP contribution is 2.03. The summed E-state index contributed by atoms with van der Waals surface area (Å²) >= 11 is 0. The summed E-state index contributed by atoms with van der Waals surface area (Å²) in [5.41, 5.74) is 4.97. The molecule has 0 unspecified atom stereocenters. The summed E-state index contributed by atoms with van der Waals surface area (Å²) < 4.78 is 8.80. The van der Waals surface area contributed by atoms with Gasteiger partial charge in [-0.3, -0.25) is 0 Å². The molecule has 48 heavy (non-hydrogen) atoms. The van der Waals surface area contributed by atoms with Gasteiger partial charge in [-0.05, 0) is 78.6 Å². The molecule has 0 atom stereocenters. The zero-order valence-corrected chi connectivity index (χ0v) is 30.6. The van der Waals surface area contributed by atoms with E-state index in [0.29, 0.717) is 24.2 Å². The first-order valence-corrected chi connectivity index (χ1v) is 17.2. The van der Waals surface area contributed by atoms with Crippen LogP contribution in [0.4, 0.5) is 0 Å². The molecule has 0 aliphatic heterocycles. The Balaban J connectivity index is 0.000000260. The van der Waals surface area contributed by atoms with Crippen LogP contribution >= 0.6 is 0 Å². The summed E-state index contributed by atoms with van der Waals surface area (Å²) in [6.45, 7) is 28.6. The summed E-state index contributed by atoms with van der Waals surface area (Å²) in [5, 5.41) is 13.3. The molecule has 4 N–H and O–H groups in total. The highest BCUT2D eigenvalue weighted by atomic mass is 15.1. The molecule has 4 rings (SSSR count). The van der Waals surface area contributed by atoms with E-state index in [9.17, 15) is 0 Å². The Morgan fingerprint density at radius 3 is 1.02 bits per heavy atom. The molecule has 0 radical (unpaired) electrons. The topological polar surface area (TPSA) is 63.6 Å². The molecule has 0 aliphatic rings. The summed E-state index contributed by atoms with van der Waals surface area (Å²) in [6.07, 6.45) is 17.0. The second-order valence-corrected chi connectivity index (χ2v) is 13.4. The highest BCUT2D eigenvalue weighted by Gasteiger charge is 2.09. The first-order chi connectivity index (χ1) is 22.9. The maximum absolute atomic E-state index is 4.06. The molecule has 0 fully saturated rings. The SMILES string of the molecule is C=C(NCc1cc[n+](C(C)C)cc1)NCc1cc[n+](C(C)C)cc1.C=C(NCc1ccc[n+](C(C)C)c1)NCc1ccc[n+](C(C)C)c1. The summed E-state index contributed by atoms with van der Waals surface area (Å²) in [5.74, 6) is 1.69. The minimum Gasteiger partial charge on any atom is -0.368 e. The van der Waals surface area contributed by atoms with Gasteiger partial charge in [0.25, 0.3) is 0 Å². The number of hydrogen-bond donors (Lipinski definition) is 4. The number of nitrogens with zero attached hydrogens (tertiary/aromatic N) is 4. The monoisotopic (exact) mass is 652 g/mol. The van der Waals surface area contributed by atoms with Gasteiger partial charge in [0.05, 0.1) is 11.6 Å². The fourth-order valence-corrected chi connectivity index (χ4v) is 4.76. The molecule has 0 spiro atoms. The van der Waals surface area contributed by atoms with Crippen LogP contribution in [0.2, 0.25) is 0 Å². The molecule has 0 aromatic carbocycles. The van der Waals surface area contributed by atoms with Crippen LogP contribution in [0.15, 0.2) is 123 Å². The Morgan fingerprint density at radius 2 is 0.729 bits per heavy atom. The van der Waals surface area contributed by atoms with Crippen LogP contribution in [-0.2, 0) is 26.2 Å². The maximum atomic E-state index is 4.06. The zero-order chi connectivity index (χ0) is 35.1. The largest absolute Gasteiger partial charge is 0.368 e. The van der Waals surface area contributed by atoms with Gasteiger partial charge >= 0.3 is 0 Å².